The molecule has 0 atom stereocenters. The Balaban J connectivity index is 3.01. The molecule has 5 nitrogen and oxygen atoms in total. The maximum Gasteiger partial charge on any atom is 0.250 e. The average Bonchev–Trinajstić information content (AvgIpc) is 2.17. The third-order valence-corrected chi connectivity index (χ3v) is 2.99. The highest BCUT2D eigenvalue weighted by Gasteiger charge is 2.13. The molecule has 0 bridgehead atoms. The average molecular weight is 243 g/mol. The number of para-hydroxylation sites is 1. The second-order valence-corrected chi connectivity index (χ2v) is 5.23. The molecule has 0 fully saturated rings. The van der Waals surface area contributed by atoms with Crippen LogP contribution in [0.5, 0.6) is 0 Å². The van der Waals surface area contributed by atoms with Crippen LogP contribution in [0.2, 0.25) is 0 Å². The molecular weight excluding hydrogens is 230 g/mol. The van der Waals surface area contributed by atoms with E-state index in [1.165, 1.54) is 19.2 Å². The summed E-state index contributed by atoms with van der Waals surface area (Å²) in [6, 6.07) is 6.22. The van der Waals surface area contributed by atoms with Gasteiger partial charge >= 0.3 is 0 Å². The Kier molecular flexibility index (Phi) is 4.03. The zero-order chi connectivity index (χ0) is 12.2. The predicted octanol–water partition coefficient (Wildman–Crippen LogP) is 0.675. The number of nitrogens with one attached hydrogen (secondary N) is 1. The monoisotopic (exact) mass is 243 g/mol. The van der Waals surface area contributed by atoms with E-state index in [0.717, 1.165) is 6.26 Å². The molecular formula is C10H13NO4S. The Morgan fingerprint density at radius 1 is 1.38 bits per heavy atom. The lowest BCUT2D eigenvalue weighted by Gasteiger charge is -2.08. The molecule has 1 rings (SSSR count). The Morgan fingerprint density at radius 2 is 2.00 bits per heavy atom. The van der Waals surface area contributed by atoms with E-state index in [9.17, 15) is 13.2 Å². The third kappa shape index (κ3) is 3.32. The van der Waals surface area contributed by atoms with Gasteiger partial charge in [-0.3, -0.25) is 4.79 Å². The van der Waals surface area contributed by atoms with Crippen LogP contribution in [0.25, 0.3) is 0 Å². The molecule has 0 aliphatic rings. The van der Waals surface area contributed by atoms with E-state index in [0.29, 0.717) is 0 Å². The van der Waals surface area contributed by atoms with Gasteiger partial charge in [0.15, 0.2) is 9.84 Å². The number of amides is 1. The van der Waals surface area contributed by atoms with E-state index in [-0.39, 0.29) is 17.2 Å². The molecule has 0 saturated heterocycles. The Bertz CT molecular complexity index is 481. The number of anilines is 1. The van der Waals surface area contributed by atoms with Crippen LogP contribution < -0.4 is 5.32 Å². The smallest absolute Gasteiger partial charge is 0.250 e. The molecule has 0 heterocycles. The van der Waals surface area contributed by atoms with Crippen molar-refractivity contribution in [2.75, 3.05) is 25.3 Å². The lowest BCUT2D eigenvalue weighted by Crippen LogP contribution is -2.18. The van der Waals surface area contributed by atoms with Crippen molar-refractivity contribution < 1.29 is 17.9 Å². The van der Waals surface area contributed by atoms with Gasteiger partial charge in [0.1, 0.15) is 6.61 Å². The first-order chi connectivity index (χ1) is 7.45. The van der Waals surface area contributed by atoms with E-state index in [1.807, 2.05) is 0 Å². The number of hydrogen-bond acceptors (Lipinski definition) is 4. The minimum absolute atomic E-state index is 0.0967. The first kappa shape index (κ1) is 12.7. The summed E-state index contributed by atoms with van der Waals surface area (Å²) in [5.41, 5.74) is 0.270. The van der Waals surface area contributed by atoms with Gasteiger partial charge in [-0.2, -0.15) is 0 Å². The van der Waals surface area contributed by atoms with E-state index in [1.54, 1.807) is 12.1 Å². The summed E-state index contributed by atoms with van der Waals surface area (Å²) in [5.74, 6) is -0.390. The SMILES string of the molecule is COCC(=O)Nc1ccccc1S(C)(=O)=O. The van der Waals surface area contributed by atoms with E-state index < -0.39 is 15.7 Å². The van der Waals surface area contributed by atoms with Crippen LogP contribution in [0, 0.1) is 0 Å². The van der Waals surface area contributed by atoms with Gasteiger partial charge in [0, 0.05) is 13.4 Å². The number of ether oxygens (including phenoxy) is 1. The molecule has 0 aromatic heterocycles. The number of benzene rings is 1. The molecule has 1 aromatic carbocycles. The highest BCUT2D eigenvalue weighted by molar-refractivity contribution is 7.90. The van der Waals surface area contributed by atoms with Crippen molar-refractivity contribution in [3.63, 3.8) is 0 Å². The van der Waals surface area contributed by atoms with Crippen molar-refractivity contribution in [3.8, 4) is 0 Å². The molecule has 0 spiro atoms. The number of rotatable bonds is 4. The summed E-state index contributed by atoms with van der Waals surface area (Å²) >= 11 is 0. The fourth-order valence-electron chi connectivity index (χ4n) is 1.21. The molecule has 0 aliphatic heterocycles. The topological polar surface area (TPSA) is 72.5 Å². The van der Waals surface area contributed by atoms with E-state index in [2.05, 4.69) is 10.1 Å². The van der Waals surface area contributed by atoms with Gasteiger partial charge in [-0.1, -0.05) is 12.1 Å². The van der Waals surface area contributed by atoms with Crippen LogP contribution in [0.1, 0.15) is 0 Å². The fraction of sp³-hybridized carbons (Fsp3) is 0.300. The fourth-order valence-corrected chi connectivity index (χ4v) is 2.05. The Morgan fingerprint density at radius 3 is 2.56 bits per heavy atom. The van der Waals surface area contributed by atoms with Crippen LogP contribution in [-0.4, -0.2) is 34.3 Å². The summed E-state index contributed by atoms with van der Waals surface area (Å²) in [4.78, 5) is 11.4. The van der Waals surface area contributed by atoms with Gasteiger partial charge in [-0.05, 0) is 12.1 Å². The van der Waals surface area contributed by atoms with Gasteiger partial charge in [-0.25, -0.2) is 8.42 Å². The lowest BCUT2D eigenvalue weighted by atomic mass is 10.3. The van der Waals surface area contributed by atoms with Crippen LogP contribution in [0.4, 0.5) is 5.69 Å². The third-order valence-electron chi connectivity index (χ3n) is 1.84. The quantitative estimate of drug-likeness (QED) is 0.843. The van der Waals surface area contributed by atoms with Crippen LogP contribution >= 0.6 is 0 Å². The van der Waals surface area contributed by atoms with E-state index >= 15 is 0 Å². The van der Waals surface area contributed by atoms with Crippen molar-refractivity contribution in [3.05, 3.63) is 24.3 Å². The largest absolute Gasteiger partial charge is 0.375 e. The molecule has 1 amide bonds. The summed E-state index contributed by atoms with van der Waals surface area (Å²) in [6.07, 6.45) is 1.09. The molecule has 88 valence electrons. The maximum atomic E-state index is 11.4. The molecule has 0 radical (unpaired) electrons. The molecule has 6 heteroatoms. The summed E-state index contributed by atoms with van der Waals surface area (Å²) in [7, 11) is -1.96. The second kappa shape index (κ2) is 5.09. The molecule has 0 saturated carbocycles. The number of hydrogen-bond donors (Lipinski definition) is 1. The summed E-state index contributed by atoms with van der Waals surface area (Å²) < 4.78 is 27.5. The zero-order valence-corrected chi connectivity index (χ0v) is 9.87. The lowest BCUT2D eigenvalue weighted by molar-refractivity contribution is -0.119. The molecule has 1 N–H and O–H groups in total. The van der Waals surface area contributed by atoms with Crippen molar-refractivity contribution >= 4 is 21.4 Å². The Hall–Kier alpha value is -1.40. The van der Waals surface area contributed by atoms with E-state index in [4.69, 9.17) is 0 Å². The van der Waals surface area contributed by atoms with Crippen molar-refractivity contribution in [2.45, 2.75) is 4.90 Å². The van der Waals surface area contributed by atoms with Gasteiger partial charge in [-0.15, -0.1) is 0 Å². The standard InChI is InChI=1S/C10H13NO4S/c1-15-7-10(12)11-8-5-3-4-6-9(8)16(2,13)14/h3-6H,7H2,1-2H3,(H,11,12). The van der Waals surface area contributed by atoms with Gasteiger partial charge in [0.25, 0.3) is 0 Å². The summed E-state index contributed by atoms with van der Waals surface area (Å²) in [6.45, 7) is -0.113. The second-order valence-electron chi connectivity index (χ2n) is 3.25. The first-order valence-corrected chi connectivity index (χ1v) is 6.42. The van der Waals surface area contributed by atoms with Crippen molar-refractivity contribution in [1.29, 1.82) is 0 Å². The summed E-state index contributed by atoms with van der Waals surface area (Å²) in [5, 5.41) is 2.47. The van der Waals surface area contributed by atoms with Gasteiger partial charge in [0.05, 0.1) is 10.6 Å². The highest BCUT2D eigenvalue weighted by atomic mass is 32.2. The minimum atomic E-state index is -3.35. The van der Waals surface area contributed by atoms with Crippen molar-refractivity contribution in [2.24, 2.45) is 0 Å². The van der Waals surface area contributed by atoms with Crippen LogP contribution in [-0.2, 0) is 19.4 Å². The van der Waals surface area contributed by atoms with Crippen LogP contribution in [0.15, 0.2) is 29.2 Å². The highest BCUT2D eigenvalue weighted by Crippen LogP contribution is 2.20. The molecule has 1 aromatic rings. The minimum Gasteiger partial charge on any atom is -0.375 e. The Labute approximate surface area is 94.3 Å². The normalized spacial score (nSPS) is 11.1. The predicted molar refractivity (Wildman–Crippen MR) is 60.1 cm³/mol. The molecule has 0 unspecified atom stereocenters. The number of sulfone groups is 1. The maximum absolute atomic E-state index is 11.4. The molecule has 16 heavy (non-hydrogen) atoms. The number of methoxy groups -OCH3 is 1. The number of carbonyl (C=O) groups is 1. The van der Waals surface area contributed by atoms with Gasteiger partial charge < -0.3 is 10.1 Å². The number of carbonyl (C=O) groups excluding carboxylic acids is 1. The van der Waals surface area contributed by atoms with Gasteiger partial charge in [0.2, 0.25) is 5.91 Å². The van der Waals surface area contributed by atoms with Crippen LogP contribution in [0.3, 0.4) is 0 Å². The zero-order valence-electron chi connectivity index (χ0n) is 9.06. The van der Waals surface area contributed by atoms with Crippen molar-refractivity contribution in [1.82, 2.24) is 0 Å². The first-order valence-electron chi connectivity index (χ1n) is 4.53. The molecule has 0 aliphatic carbocycles.